The molecule has 1 aromatic rings. The molecule has 0 heterocycles. The van der Waals surface area contributed by atoms with Crippen LogP contribution in [-0.2, 0) is 0 Å². The van der Waals surface area contributed by atoms with Gasteiger partial charge >= 0.3 is 0 Å². The summed E-state index contributed by atoms with van der Waals surface area (Å²) >= 11 is 0. The summed E-state index contributed by atoms with van der Waals surface area (Å²) in [6.07, 6.45) is 2.51. The van der Waals surface area contributed by atoms with Gasteiger partial charge in [-0.2, -0.15) is 0 Å². The van der Waals surface area contributed by atoms with Crippen LogP contribution < -0.4 is 10.1 Å². The molecule has 2 N–H and O–H groups in total. The average molecular weight is 296 g/mol. The van der Waals surface area contributed by atoms with Crippen LogP contribution in [0, 0.1) is 16.0 Å². The molecule has 6 nitrogen and oxygen atoms in total. The fourth-order valence-corrected chi connectivity index (χ4v) is 1.99. The molecule has 118 valence electrons. The molecule has 0 aliphatic heterocycles. The molecule has 21 heavy (non-hydrogen) atoms. The van der Waals surface area contributed by atoms with Gasteiger partial charge in [0.05, 0.1) is 17.6 Å². The van der Waals surface area contributed by atoms with Gasteiger partial charge in [0, 0.05) is 31.0 Å². The van der Waals surface area contributed by atoms with Crippen LogP contribution in [0.4, 0.5) is 11.4 Å². The first kappa shape index (κ1) is 17.2. The van der Waals surface area contributed by atoms with Crippen LogP contribution in [0.25, 0.3) is 0 Å². The first-order valence-corrected chi connectivity index (χ1v) is 7.37. The number of anilines is 1. The minimum absolute atomic E-state index is 0.0151. The lowest BCUT2D eigenvalue weighted by atomic mass is 10.0. The number of aliphatic hydroxyl groups is 1. The van der Waals surface area contributed by atoms with Crippen molar-refractivity contribution in [2.24, 2.45) is 5.92 Å². The molecule has 1 rings (SSSR count). The zero-order chi connectivity index (χ0) is 15.7. The molecule has 0 fully saturated rings. The Morgan fingerprint density at radius 3 is 2.71 bits per heavy atom. The van der Waals surface area contributed by atoms with Crippen molar-refractivity contribution in [1.82, 2.24) is 0 Å². The van der Waals surface area contributed by atoms with Gasteiger partial charge in [0.15, 0.2) is 0 Å². The summed E-state index contributed by atoms with van der Waals surface area (Å²) in [6, 6.07) is 4.71. The second-order valence-electron chi connectivity index (χ2n) is 4.99. The summed E-state index contributed by atoms with van der Waals surface area (Å²) < 4.78 is 5.48. The minimum atomic E-state index is -0.422. The van der Waals surface area contributed by atoms with E-state index in [1.54, 1.807) is 6.07 Å². The van der Waals surface area contributed by atoms with E-state index in [9.17, 15) is 10.1 Å². The highest BCUT2D eigenvalue weighted by Gasteiger charge is 2.12. The summed E-state index contributed by atoms with van der Waals surface area (Å²) in [5.41, 5.74) is 0.688. The van der Waals surface area contributed by atoms with Crippen molar-refractivity contribution in [3.05, 3.63) is 28.3 Å². The Morgan fingerprint density at radius 1 is 1.38 bits per heavy atom. The van der Waals surface area contributed by atoms with E-state index in [0.29, 0.717) is 30.5 Å². The number of nitrogens with one attached hydrogen (secondary N) is 1. The zero-order valence-corrected chi connectivity index (χ0v) is 12.7. The fourth-order valence-electron chi connectivity index (χ4n) is 1.99. The van der Waals surface area contributed by atoms with Crippen molar-refractivity contribution in [2.45, 2.75) is 33.1 Å². The van der Waals surface area contributed by atoms with Crippen LogP contribution >= 0.6 is 0 Å². The van der Waals surface area contributed by atoms with E-state index >= 15 is 0 Å². The number of hydrogen-bond acceptors (Lipinski definition) is 5. The maximum Gasteiger partial charge on any atom is 0.275 e. The van der Waals surface area contributed by atoms with E-state index in [1.165, 1.54) is 12.1 Å². The normalized spacial score (nSPS) is 12.0. The molecule has 1 atom stereocenters. The number of non-ortho nitro benzene ring substituents is 1. The van der Waals surface area contributed by atoms with Gasteiger partial charge in [0.2, 0.25) is 0 Å². The van der Waals surface area contributed by atoms with E-state index < -0.39 is 4.92 Å². The van der Waals surface area contributed by atoms with E-state index in [2.05, 4.69) is 12.2 Å². The van der Waals surface area contributed by atoms with E-state index in [4.69, 9.17) is 9.84 Å². The highest BCUT2D eigenvalue weighted by molar-refractivity contribution is 5.56. The van der Waals surface area contributed by atoms with Gasteiger partial charge in [-0.15, -0.1) is 0 Å². The molecular formula is C15H24N2O4. The summed E-state index contributed by atoms with van der Waals surface area (Å²) in [4.78, 5) is 10.5. The summed E-state index contributed by atoms with van der Waals surface area (Å²) in [5, 5.41) is 23.1. The third kappa shape index (κ3) is 5.99. The molecule has 0 aromatic heterocycles. The molecule has 0 aliphatic rings. The van der Waals surface area contributed by atoms with Crippen molar-refractivity contribution in [3.63, 3.8) is 0 Å². The zero-order valence-electron chi connectivity index (χ0n) is 12.7. The second kappa shape index (κ2) is 9.18. The molecule has 0 spiro atoms. The maximum atomic E-state index is 11.0. The Labute approximate surface area is 125 Å². The average Bonchev–Trinajstić information content (AvgIpc) is 2.49. The quantitative estimate of drug-likeness (QED) is 0.511. The molecule has 0 amide bonds. The Bertz CT molecular complexity index is 451. The van der Waals surface area contributed by atoms with Gasteiger partial charge in [0.1, 0.15) is 5.75 Å². The lowest BCUT2D eigenvalue weighted by Crippen LogP contribution is -2.15. The maximum absolute atomic E-state index is 11.0. The molecule has 0 aliphatic carbocycles. The molecule has 0 radical (unpaired) electrons. The number of hydrogen-bond donors (Lipinski definition) is 2. The summed E-state index contributed by atoms with van der Waals surface area (Å²) in [7, 11) is 0. The fraction of sp³-hybridized carbons (Fsp3) is 0.600. The van der Waals surface area contributed by atoms with Gasteiger partial charge in [-0.3, -0.25) is 10.1 Å². The van der Waals surface area contributed by atoms with Crippen molar-refractivity contribution in [1.29, 1.82) is 0 Å². The lowest BCUT2D eigenvalue weighted by Gasteiger charge is -2.16. The Kier molecular flexibility index (Phi) is 7.53. The Hall–Kier alpha value is -1.82. The number of benzene rings is 1. The van der Waals surface area contributed by atoms with E-state index in [1.807, 2.05) is 6.92 Å². The predicted octanol–water partition coefficient (Wildman–Crippen LogP) is 3.20. The molecular weight excluding hydrogens is 272 g/mol. The highest BCUT2D eigenvalue weighted by Crippen LogP contribution is 2.26. The lowest BCUT2D eigenvalue weighted by molar-refractivity contribution is -0.384. The summed E-state index contributed by atoms with van der Waals surface area (Å²) in [5.74, 6) is 0.845. The minimum Gasteiger partial charge on any atom is -0.493 e. The van der Waals surface area contributed by atoms with Crippen LogP contribution in [0.5, 0.6) is 5.75 Å². The summed E-state index contributed by atoms with van der Waals surface area (Å²) in [6.45, 7) is 5.40. The third-order valence-electron chi connectivity index (χ3n) is 3.28. The SMILES string of the molecule is CCCOc1cc(NCC(CC)CCO)cc([N+](=O)[O-])c1. The number of ether oxygens (including phenoxy) is 1. The second-order valence-corrected chi connectivity index (χ2v) is 4.99. The van der Waals surface area contributed by atoms with Gasteiger partial charge < -0.3 is 15.2 Å². The smallest absolute Gasteiger partial charge is 0.275 e. The standard InChI is InChI=1S/C15H24N2O4/c1-3-7-21-15-9-13(8-14(10-15)17(19)20)16-11-12(4-2)5-6-18/h8-10,12,16,18H,3-7,11H2,1-2H3. The monoisotopic (exact) mass is 296 g/mol. The number of nitro benzene ring substituents is 1. The largest absolute Gasteiger partial charge is 0.493 e. The molecule has 6 heteroatoms. The first-order valence-electron chi connectivity index (χ1n) is 7.37. The van der Waals surface area contributed by atoms with Gasteiger partial charge in [-0.1, -0.05) is 20.3 Å². The van der Waals surface area contributed by atoms with Gasteiger partial charge in [-0.05, 0) is 18.8 Å². The highest BCUT2D eigenvalue weighted by atomic mass is 16.6. The van der Waals surface area contributed by atoms with Gasteiger partial charge in [-0.25, -0.2) is 0 Å². The van der Waals surface area contributed by atoms with Crippen LogP contribution in [0.15, 0.2) is 18.2 Å². The van der Waals surface area contributed by atoms with Crippen LogP contribution in [0.3, 0.4) is 0 Å². The molecule has 0 saturated carbocycles. The van der Waals surface area contributed by atoms with Crippen molar-refractivity contribution >= 4 is 11.4 Å². The molecule has 0 saturated heterocycles. The van der Waals surface area contributed by atoms with Gasteiger partial charge in [0.25, 0.3) is 5.69 Å². The predicted molar refractivity (Wildman–Crippen MR) is 82.9 cm³/mol. The first-order chi connectivity index (χ1) is 10.1. The third-order valence-corrected chi connectivity index (χ3v) is 3.28. The number of aliphatic hydroxyl groups excluding tert-OH is 1. The molecule has 0 bridgehead atoms. The Morgan fingerprint density at radius 2 is 2.14 bits per heavy atom. The van der Waals surface area contributed by atoms with Crippen molar-refractivity contribution < 1.29 is 14.8 Å². The number of nitrogens with zero attached hydrogens (tertiary/aromatic N) is 1. The van der Waals surface area contributed by atoms with E-state index in [-0.39, 0.29) is 12.3 Å². The molecule has 1 unspecified atom stereocenters. The van der Waals surface area contributed by atoms with E-state index in [0.717, 1.165) is 19.3 Å². The van der Waals surface area contributed by atoms with Crippen molar-refractivity contribution in [2.75, 3.05) is 25.1 Å². The van der Waals surface area contributed by atoms with Crippen LogP contribution in [0.2, 0.25) is 0 Å². The van der Waals surface area contributed by atoms with Crippen LogP contribution in [0.1, 0.15) is 33.1 Å². The van der Waals surface area contributed by atoms with Crippen molar-refractivity contribution in [3.8, 4) is 5.75 Å². The van der Waals surface area contributed by atoms with Crippen LogP contribution in [-0.4, -0.2) is 29.8 Å². The Balaban J connectivity index is 2.79. The molecule has 1 aromatic carbocycles. The topological polar surface area (TPSA) is 84.6 Å². The number of rotatable bonds is 10. The number of nitro groups is 1.